The van der Waals surface area contributed by atoms with Crippen LogP contribution in [0.5, 0.6) is 0 Å². The van der Waals surface area contributed by atoms with Crippen molar-refractivity contribution in [2.45, 2.75) is 33.7 Å². The highest BCUT2D eigenvalue weighted by molar-refractivity contribution is 5.88. The highest BCUT2D eigenvalue weighted by Crippen LogP contribution is 2.34. The summed E-state index contributed by atoms with van der Waals surface area (Å²) in [7, 11) is 0. The number of aliphatic hydroxyl groups is 1. The molecule has 1 aliphatic heterocycles. The van der Waals surface area contributed by atoms with E-state index in [-0.39, 0.29) is 24.3 Å². The standard InChI is InChI=1S/C18H28N4O2/c1-12(2)11-21-18(24)16(8-9-23)13(3)17(22(21)20)15-6-4-14(10-19)5-7-15/h4-7,12,16,23H,8-11,19-20H2,1-3H3. The highest BCUT2D eigenvalue weighted by Gasteiger charge is 2.37. The summed E-state index contributed by atoms with van der Waals surface area (Å²) in [5.74, 6) is 6.19. The topological polar surface area (TPSA) is 95.8 Å². The Morgan fingerprint density at radius 2 is 1.88 bits per heavy atom. The number of nitrogens with zero attached hydrogens (tertiary/aromatic N) is 2. The van der Waals surface area contributed by atoms with Gasteiger partial charge in [0.05, 0.1) is 11.6 Å². The predicted octanol–water partition coefficient (Wildman–Crippen LogP) is 1.46. The minimum atomic E-state index is -0.349. The molecule has 132 valence electrons. The molecule has 0 fully saturated rings. The van der Waals surface area contributed by atoms with E-state index in [1.807, 2.05) is 45.0 Å². The summed E-state index contributed by atoms with van der Waals surface area (Å²) in [5, 5.41) is 12.4. The third-order valence-corrected chi connectivity index (χ3v) is 4.36. The molecule has 0 aromatic heterocycles. The fourth-order valence-electron chi connectivity index (χ4n) is 3.09. The molecule has 1 atom stereocenters. The van der Waals surface area contributed by atoms with Gasteiger partial charge in [0.1, 0.15) is 0 Å². The number of amides is 1. The normalized spacial score (nSPS) is 18.8. The van der Waals surface area contributed by atoms with Crippen molar-refractivity contribution in [2.75, 3.05) is 13.2 Å². The molecule has 0 saturated heterocycles. The smallest absolute Gasteiger partial charge is 0.249 e. The van der Waals surface area contributed by atoms with E-state index in [0.717, 1.165) is 22.4 Å². The summed E-state index contributed by atoms with van der Waals surface area (Å²) in [5.41, 5.74) is 9.35. The first-order valence-electron chi connectivity index (χ1n) is 8.37. The van der Waals surface area contributed by atoms with Crippen LogP contribution < -0.4 is 11.6 Å². The third kappa shape index (κ3) is 3.61. The Kier molecular flexibility index (Phi) is 5.99. The number of hydrazine groups is 2. The molecule has 0 spiro atoms. The van der Waals surface area contributed by atoms with Crippen molar-refractivity contribution in [1.29, 1.82) is 0 Å². The van der Waals surface area contributed by atoms with Crippen molar-refractivity contribution in [3.05, 3.63) is 41.0 Å². The number of carbonyl (C=O) groups excluding carboxylic acids is 1. The zero-order valence-corrected chi connectivity index (χ0v) is 14.7. The van der Waals surface area contributed by atoms with E-state index in [9.17, 15) is 9.90 Å². The van der Waals surface area contributed by atoms with E-state index in [4.69, 9.17) is 11.6 Å². The number of aliphatic hydroxyl groups excluding tert-OH is 1. The predicted molar refractivity (Wildman–Crippen MR) is 94.7 cm³/mol. The van der Waals surface area contributed by atoms with Crippen LogP contribution in [0.15, 0.2) is 29.8 Å². The lowest BCUT2D eigenvalue weighted by molar-refractivity contribution is -0.151. The zero-order valence-electron chi connectivity index (χ0n) is 14.7. The number of hydrogen-bond donors (Lipinski definition) is 3. The van der Waals surface area contributed by atoms with E-state index in [1.54, 1.807) is 5.01 Å². The molecular formula is C18H28N4O2. The number of hydrogen-bond acceptors (Lipinski definition) is 5. The highest BCUT2D eigenvalue weighted by atomic mass is 16.3. The molecule has 6 heteroatoms. The van der Waals surface area contributed by atoms with Gasteiger partial charge in [0, 0.05) is 25.3 Å². The number of carbonyl (C=O) groups is 1. The van der Waals surface area contributed by atoms with E-state index in [1.165, 1.54) is 5.12 Å². The summed E-state index contributed by atoms with van der Waals surface area (Å²) in [4.78, 5) is 12.8. The molecule has 5 N–H and O–H groups in total. The third-order valence-electron chi connectivity index (χ3n) is 4.36. The Balaban J connectivity index is 2.48. The van der Waals surface area contributed by atoms with Gasteiger partial charge in [-0.25, -0.2) is 16.0 Å². The van der Waals surface area contributed by atoms with Gasteiger partial charge in [-0.3, -0.25) is 4.79 Å². The second kappa shape index (κ2) is 7.79. The van der Waals surface area contributed by atoms with Crippen LogP contribution in [0, 0.1) is 11.8 Å². The Morgan fingerprint density at radius 1 is 1.25 bits per heavy atom. The maximum atomic E-state index is 12.8. The first-order valence-corrected chi connectivity index (χ1v) is 8.37. The molecule has 1 heterocycles. The molecule has 0 aliphatic carbocycles. The first kappa shape index (κ1) is 18.4. The first-order chi connectivity index (χ1) is 11.4. The zero-order chi connectivity index (χ0) is 17.9. The summed E-state index contributed by atoms with van der Waals surface area (Å²) < 4.78 is 0. The van der Waals surface area contributed by atoms with Crippen LogP contribution in [-0.4, -0.2) is 34.3 Å². The lowest BCUT2D eigenvalue weighted by Crippen LogP contribution is -2.56. The molecule has 24 heavy (non-hydrogen) atoms. The van der Waals surface area contributed by atoms with Crippen molar-refractivity contribution in [2.24, 2.45) is 23.4 Å². The molecular weight excluding hydrogens is 304 g/mol. The number of rotatable bonds is 6. The Morgan fingerprint density at radius 3 is 2.38 bits per heavy atom. The van der Waals surface area contributed by atoms with Crippen LogP contribution in [-0.2, 0) is 11.3 Å². The van der Waals surface area contributed by atoms with Crippen LogP contribution >= 0.6 is 0 Å². The van der Waals surface area contributed by atoms with Crippen molar-refractivity contribution in [1.82, 2.24) is 10.1 Å². The summed E-state index contributed by atoms with van der Waals surface area (Å²) in [6, 6.07) is 7.88. The summed E-state index contributed by atoms with van der Waals surface area (Å²) in [6.45, 7) is 6.99. The molecule has 0 radical (unpaired) electrons. The fourth-order valence-corrected chi connectivity index (χ4v) is 3.09. The summed E-state index contributed by atoms with van der Waals surface area (Å²) in [6.07, 6.45) is 0.400. The van der Waals surface area contributed by atoms with Crippen molar-refractivity contribution in [3.8, 4) is 0 Å². The lowest BCUT2D eigenvalue weighted by Gasteiger charge is -2.43. The SMILES string of the molecule is CC1=C(c2ccc(CN)cc2)N(N)N(CC(C)C)C(=O)C1CCO. The van der Waals surface area contributed by atoms with Crippen molar-refractivity contribution >= 4 is 11.6 Å². The fraction of sp³-hybridized carbons (Fsp3) is 0.500. The number of nitrogens with two attached hydrogens (primary N) is 2. The van der Waals surface area contributed by atoms with Gasteiger partial charge in [-0.2, -0.15) is 0 Å². The second-order valence-electron chi connectivity index (χ2n) is 6.66. The average molecular weight is 332 g/mol. The minimum absolute atomic E-state index is 0.0345. The molecule has 1 aromatic carbocycles. The molecule has 2 rings (SSSR count). The maximum Gasteiger partial charge on any atom is 0.249 e. The van der Waals surface area contributed by atoms with E-state index < -0.39 is 0 Å². The monoisotopic (exact) mass is 332 g/mol. The molecule has 6 nitrogen and oxygen atoms in total. The van der Waals surface area contributed by atoms with Gasteiger partial charge in [-0.1, -0.05) is 38.1 Å². The van der Waals surface area contributed by atoms with Gasteiger partial charge >= 0.3 is 0 Å². The van der Waals surface area contributed by atoms with Gasteiger partial charge < -0.3 is 10.8 Å². The quantitative estimate of drug-likeness (QED) is 0.686. The number of benzene rings is 1. The van der Waals surface area contributed by atoms with Gasteiger partial charge in [-0.15, -0.1) is 0 Å². The van der Waals surface area contributed by atoms with Crippen LogP contribution in [0.2, 0.25) is 0 Å². The maximum absolute atomic E-state index is 12.8. The van der Waals surface area contributed by atoms with Crippen LogP contribution in [0.4, 0.5) is 0 Å². The molecule has 1 amide bonds. The minimum Gasteiger partial charge on any atom is -0.396 e. The van der Waals surface area contributed by atoms with Crippen molar-refractivity contribution < 1.29 is 9.90 Å². The van der Waals surface area contributed by atoms with Gasteiger partial charge in [-0.05, 0) is 30.4 Å². The summed E-state index contributed by atoms with van der Waals surface area (Å²) >= 11 is 0. The van der Waals surface area contributed by atoms with Gasteiger partial charge in [0.25, 0.3) is 0 Å². The van der Waals surface area contributed by atoms with Gasteiger partial charge in [0.2, 0.25) is 5.91 Å². The van der Waals surface area contributed by atoms with Crippen LogP contribution in [0.1, 0.15) is 38.3 Å². The van der Waals surface area contributed by atoms with Crippen molar-refractivity contribution in [3.63, 3.8) is 0 Å². The Hall–Kier alpha value is -1.89. The van der Waals surface area contributed by atoms with E-state index in [2.05, 4.69) is 0 Å². The lowest BCUT2D eigenvalue weighted by atomic mass is 9.89. The average Bonchev–Trinajstić information content (AvgIpc) is 2.56. The molecule has 0 saturated carbocycles. The van der Waals surface area contributed by atoms with E-state index >= 15 is 0 Å². The molecule has 1 aromatic rings. The van der Waals surface area contributed by atoms with E-state index in [0.29, 0.717) is 19.5 Å². The largest absolute Gasteiger partial charge is 0.396 e. The molecule has 1 unspecified atom stereocenters. The Labute approximate surface area is 143 Å². The molecule has 0 bridgehead atoms. The molecule has 1 aliphatic rings. The Bertz CT molecular complexity index is 610. The van der Waals surface area contributed by atoms with Crippen LogP contribution in [0.3, 0.4) is 0 Å². The van der Waals surface area contributed by atoms with Crippen LogP contribution in [0.25, 0.3) is 5.70 Å². The second-order valence-corrected chi connectivity index (χ2v) is 6.66. The van der Waals surface area contributed by atoms with Gasteiger partial charge in [0.15, 0.2) is 0 Å².